The molecule has 0 radical (unpaired) electrons. The normalized spacial score (nSPS) is 16.9. The van der Waals surface area contributed by atoms with Crippen molar-refractivity contribution in [3.63, 3.8) is 0 Å². The zero-order valence-corrected chi connectivity index (χ0v) is 12.4. The van der Waals surface area contributed by atoms with Crippen LogP contribution in [0.4, 0.5) is 17.8 Å². The summed E-state index contributed by atoms with van der Waals surface area (Å²) in [5.74, 6) is 6.89. The van der Waals surface area contributed by atoms with Gasteiger partial charge in [0.1, 0.15) is 0 Å². The Hall–Kier alpha value is -1.71. The van der Waals surface area contributed by atoms with E-state index in [9.17, 15) is 5.11 Å². The van der Waals surface area contributed by atoms with Gasteiger partial charge in [0.15, 0.2) is 0 Å². The Morgan fingerprint density at radius 1 is 1.24 bits per heavy atom. The van der Waals surface area contributed by atoms with Crippen LogP contribution in [0.15, 0.2) is 0 Å². The van der Waals surface area contributed by atoms with Crippen molar-refractivity contribution in [3.8, 4) is 0 Å². The quantitative estimate of drug-likeness (QED) is 0.403. The van der Waals surface area contributed by atoms with E-state index in [1.54, 1.807) is 0 Å². The first-order valence-electron chi connectivity index (χ1n) is 7.06. The third kappa shape index (κ3) is 4.13. The van der Waals surface area contributed by atoms with Crippen molar-refractivity contribution >= 4 is 17.8 Å². The maximum atomic E-state index is 9.40. The van der Waals surface area contributed by atoms with Crippen LogP contribution in [-0.4, -0.2) is 59.0 Å². The number of hydrazine groups is 1. The molecule has 1 unspecified atom stereocenters. The Balaban J connectivity index is 2.20. The molecule has 118 valence electrons. The van der Waals surface area contributed by atoms with Crippen molar-refractivity contribution in [2.45, 2.75) is 19.9 Å². The number of morpholine rings is 1. The van der Waals surface area contributed by atoms with Crippen LogP contribution in [0.25, 0.3) is 0 Å². The molecule has 1 aliphatic rings. The number of aromatic nitrogens is 3. The lowest BCUT2D eigenvalue weighted by Crippen LogP contribution is -2.38. The second kappa shape index (κ2) is 7.34. The summed E-state index contributed by atoms with van der Waals surface area (Å²) >= 11 is 0. The second-order valence-electron chi connectivity index (χ2n) is 5.20. The number of ether oxygens (including phenoxy) is 1. The smallest absolute Gasteiger partial charge is 0.243 e. The summed E-state index contributed by atoms with van der Waals surface area (Å²) in [7, 11) is 0. The first-order valence-corrected chi connectivity index (χ1v) is 7.06. The molecular weight excluding hydrogens is 274 g/mol. The summed E-state index contributed by atoms with van der Waals surface area (Å²) in [6.45, 7) is 6.76. The third-order valence-electron chi connectivity index (χ3n) is 3.36. The molecule has 0 aliphatic carbocycles. The summed E-state index contributed by atoms with van der Waals surface area (Å²) in [4.78, 5) is 14.9. The van der Waals surface area contributed by atoms with Crippen LogP contribution in [0.5, 0.6) is 0 Å². The molecule has 2 rings (SSSR count). The number of nitrogens with two attached hydrogens (primary N) is 1. The summed E-state index contributed by atoms with van der Waals surface area (Å²) in [6, 6.07) is -0.129. The highest BCUT2D eigenvalue weighted by molar-refractivity contribution is 5.44. The molecule has 2 heterocycles. The fraction of sp³-hybridized carbons (Fsp3) is 0.750. The minimum Gasteiger partial charge on any atom is -0.394 e. The van der Waals surface area contributed by atoms with Crippen LogP contribution in [0.2, 0.25) is 0 Å². The highest BCUT2D eigenvalue weighted by Crippen LogP contribution is 2.16. The molecule has 0 spiro atoms. The van der Waals surface area contributed by atoms with E-state index in [1.165, 1.54) is 0 Å². The van der Waals surface area contributed by atoms with Crippen LogP contribution in [0.1, 0.15) is 13.8 Å². The second-order valence-corrected chi connectivity index (χ2v) is 5.20. The Kier molecular flexibility index (Phi) is 5.48. The lowest BCUT2D eigenvalue weighted by molar-refractivity contribution is 0.122. The first kappa shape index (κ1) is 15.7. The van der Waals surface area contributed by atoms with Gasteiger partial charge in [0.25, 0.3) is 0 Å². The fourth-order valence-electron chi connectivity index (χ4n) is 1.99. The van der Waals surface area contributed by atoms with Gasteiger partial charge >= 0.3 is 0 Å². The zero-order chi connectivity index (χ0) is 15.2. The SMILES string of the molecule is CC(C)C(CO)Nc1nc(NN)nc(N2CCOCC2)n1. The topological polar surface area (TPSA) is 121 Å². The van der Waals surface area contributed by atoms with E-state index in [-0.39, 0.29) is 24.5 Å². The fourth-order valence-corrected chi connectivity index (χ4v) is 1.99. The minimum absolute atomic E-state index is 0.00161. The van der Waals surface area contributed by atoms with E-state index in [0.29, 0.717) is 25.1 Å². The Morgan fingerprint density at radius 3 is 2.48 bits per heavy atom. The van der Waals surface area contributed by atoms with Gasteiger partial charge in [-0.1, -0.05) is 13.8 Å². The van der Waals surface area contributed by atoms with Crippen LogP contribution >= 0.6 is 0 Å². The molecule has 1 aromatic heterocycles. The molecule has 0 aromatic carbocycles. The summed E-state index contributed by atoms with van der Waals surface area (Å²) in [6.07, 6.45) is 0. The molecule has 0 bridgehead atoms. The van der Waals surface area contributed by atoms with E-state index in [1.807, 2.05) is 18.7 Å². The standard InChI is InChI=1S/C12H23N7O2/c1-8(2)9(7-20)14-10-15-11(18-13)17-12(16-10)19-3-5-21-6-4-19/h8-9,20H,3-7,13H2,1-2H3,(H2,14,15,16,17,18). The third-order valence-corrected chi connectivity index (χ3v) is 3.36. The Labute approximate surface area is 123 Å². The highest BCUT2D eigenvalue weighted by atomic mass is 16.5. The lowest BCUT2D eigenvalue weighted by Gasteiger charge is -2.27. The zero-order valence-electron chi connectivity index (χ0n) is 12.4. The average Bonchev–Trinajstić information content (AvgIpc) is 2.52. The molecular formula is C12H23N7O2. The molecule has 0 saturated carbocycles. The van der Waals surface area contributed by atoms with Crippen LogP contribution < -0.4 is 21.5 Å². The van der Waals surface area contributed by atoms with Crippen molar-refractivity contribution in [2.24, 2.45) is 11.8 Å². The van der Waals surface area contributed by atoms with Gasteiger partial charge in [0.05, 0.1) is 25.9 Å². The average molecular weight is 297 g/mol. The predicted molar refractivity (Wildman–Crippen MR) is 80.0 cm³/mol. The number of hydrogen-bond acceptors (Lipinski definition) is 9. The van der Waals surface area contributed by atoms with Gasteiger partial charge in [-0.15, -0.1) is 0 Å². The molecule has 1 aromatic rings. The molecule has 9 nitrogen and oxygen atoms in total. The van der Waals surface area contributed by atoms with Crippen molar-refractivity contribution < 1.29 is 9.84 Å². The Morgan fingerprint density at radius 2 is 1.90 bits per heavy atom. The lowest BCUT2D eigenvalue weighted by atomic mass is 10.1. The van der Waals surface area contributed by atoms with Crippen LogP contribution in [-0.2, 0) is 4.74 Å². The van der Waals surface area contributed by atoms with Crippen LogP contribution in [0, 0.1) is 5.92 Å². The first-order chi connectivity index (χ1) is 10.1. The molecule has 1 fully saturated rings. The van der Waals surface area contributed by atoms with Gasteiger partial charge in [-0.2, -0.15) is 15.0 Å². The summed E-state index contributed by atoms with van der Waals surface area (Å²) in [5, 5.41) is 12.5. The van der Waals surface area contributed by atoms with Crippen molar-refractivity contribution in [2.75, 3.05) is 48.6 Å². The molecule has 5 N–H and O–H groups in total. The van der Waals surface area contributed by atoms with Gasteiger partial charge in [0, 0.05) is 13.1 Å². The number of nitrogens with zero attached hydrogens (tertiary/aromatic N) is 4. The predicted octanol–water partition coefficient (Wildman–Crippen LogP) is -0.577. The van der Waals surface area contributed by atoms with E-state index < -0.39 is 0 Å². The van der Waals surface area contributed by atoms with E-state index in [2.05, 4.69) is 25.7 Å². The van der Waals surface area contributed by atoms with Gasteiger partial charge < -0.3 is 20.1 Å². The number of nitrogen functional groups attached to an aromatic ring is 1. The Bertz CT molecular complexity index is 451. The van der Waals surface area contributed by atoms with Gasteiger partial charge in [0.2, 0.25) is 17.8 Å². The van der Waals surface area contributed by atoms with Crippen molar-refractivity contribution in [1.82, 2.24) is 15.0 Å². The molecule has 21 heavy (non-hydrogen) atoms. The molecule has 0 amide bonds. The number of rotatable bonds is 6. The minimum atomic E-state index is -0.129. The molecule has 9 heteroatoms. The maximum Gasteiger partial charge on any atom is 0.243 e. The van der Waals surface area contributed by atoms with Crippen molar-refractivity contribution in [1.29, 1.82) is 0 Å². The van der Waals surface area contributed by atoms with E-state index >= 15 is 0 Å². The monoisotopic (exact) mass is 297 g/mol. The molecule has 1 aliphatic heterocycles. The largest absolute Gasteiger partial charge is 0.394 e. The number of anilines is 3. The number of aliphatic hydroxyl groups excluding tert-OH is 1. The highest BCUT2D eigenvalue weighted by Gasteiger charge is 2.18. The van der Waals surface area contributed by atoms with Crippen molar-refractivity contribution in [3.05, 3.63) is 0 Å². The van der Waals surface area contributed by atoms with Gasteiger partial charge in [-0.3, -0.25) is 5.43 Å². The van der Waals surface area contributed by atoms with E-state index in [4.69, 9.17) is 10.6 Å². The number of hydrogen-bond donors (Lipinski definition) is 4. The van der Waals surface area contributed by atoms with Gasteiger partial charge in [-0.05, 0) is 5.92 Å². The molecule has 1 atom stereocenters. The molecule has 1 saturated heterocycles. The van der Waals surface area contributed by atoms with Gasteiger partial charge in [-0.25, -0.2) is 5.84 Å². The number of aliphatic hydroxyl groups is 1. The summed E-state index contributed by atoms with van der Waals surface area (Å²) in [5.41, 5.74) is 2.44. The maximum absolute atomic E-state index is 9.40. The van der Waals surface area contributed by atoms with Crippen LogP contribution in [0.3, 0.4) is 0 Å². The number of nitrogens with one attached hydrogen (secondary N) is 2. The summed E-state index contributed by atoms with van der Waals surface area (Å²) < 4.78 is 5.32. The van der Waals surface area contributed by atoms with E-state index in [0.717, 1.165) is 13.1 Å².